The maximum absolute atomic E-state index is 13.5. The molecule has 1 heterocycles. The number of aliphatic hydroxyl groups is 1. The number of fused-ring (bicyclic) bond motifs is 3. The van der Waals surface area contributed by atoms with Crippen LogP contribution in [-0.2, 0) is 16.6 Å². The molecule has 4 aromatic rings. The Hall–Kier alpha value is -2.14. The van der Waals surface area contributed by atoms with E-state index in [0.29, 0.717) is 5.75 Å². The summed E-state index contributed by atoms with van der Waals surface area (Å²) >= 11 is 7.01. The van der Waals surface area contributed by atoms with Gasteiger partial charge in [-0.15, -0.1) is 0 Å². The molecule has 0 aliphatic heterocycles. The normalized spacial score (nSPS) is 12.9. The summed E-state index contributed by atoms with van der Waals surface area (Å²) in [7, 11) is -2.82. The first kappa shape index (κ1) is 24.0. The van der Waals surface area contributed by atoms with Crippen LogP contribution in [0.4, 0.5) is 10.1 Å². The van der Waals surface area contributed by atoms with Crippen LogP contribution in [-0.4, -0.2) is 43.9 Å². The van der Waals surface area contributed by atoms with Gasteiger partial charge in [-0.2, -0.15) is 0 Å². The lowest BCUT2D eigenvalue weighted by molar-refractivity contribution is 0.166. The van der Waals surface area contributed by atoms with Gasteiger partial charge in [-0.3, -0.25) is 4.31 Å². The largest absolute Gasteiger partial charge is 0.497 e. The number of hydrogen-bond acceptors (Lipinski definition) is 4. The van der Waals surface area contributed by atoms with E-state index in [1.165, 1.54) is 19.2 Å². The molecule has 0 fully saturated rings. The molecule has 3 aromatic carbocycles. The first-order chi connectivity index (χ1) is 15.7. The van der Waals surface area contributed by atoms with Crippen LogP contribution in [0, 0.1) is 0 Å². The SMILES string of the molecule is COc1cccc(N(CC(O)Cn2c3ccc(Br)cc3c3cc(Br)ccc32)S(=O)(=O)CF)c1. The van der Waals surface area contributed by atoms with Gasteiger partial charge < -0.3 is 14.4 Å². The fraction of sp³-hybridized carbons (Fsp3) is 0.217. The number of nitrogens with zero attached hydrogens (tertiary/aromatic N) is 2. The number of hydrogen-bond donors (Lipinski definition) is 1. The second kappa shape index (κ2) is 9.61. The van der Waals surface area contributed by atoms with E-state index in [2.05, 4.69) is 31.9 Å². The average molecular weight is 600 g/mol. The van der Waals surface area contributed by atoms with Gasteiger partial charge in [0.25, 0.3) is 10.0 Å². The van der Waals surface area contributed by atoms with Gasteiger partial charge in [0, 0.05) is 36.8 Å². The van der Waals surface area contributed by atoms with Crippen molar-refractivity contribution in [3.8, 4) is 5.75 Å². The maximum Gasteiger partial charge on any atom is 0.264 e. The van der Waals surface area contributed by atoms with Crippen LogP contribution < -0.4 is 9.04 Å². The van der Waals surface area contributed by atoms with Crippen molar-refractivity contribution in [1.29, 1.82) is 0 Å². The predicted octanol–water partition coefficient (Wildman–Crippen LogP) is 5.45. The fourth-order valence-electron chi connectivity index (χ4n) is 3.91. The van der Waals surface area contributed by atoms with Crippen LogP contribution in [0.3, 0.4) is 0 Å². The van der Waals surface area contributed by atoms with Crippen LogP contribution in [0.5, 0.6) is 5.75 Å². The van der Waals surface area contributed by atoms with E-state index < -0.39 is 22.1 Å². The highest BCUT2D eigenvalue weighted by atomic mass is 79.9. The summed E-state index contributed by atoms with van der Waals surface area (Å²) in [5, 5.41) is 13.0. The number of anilines is 1. The van der Waals surface area contributed by atoms with Gasteiger partial charge in [0.15, 0.2) is 0 Å². The molecular formula is C23H21Br2FN2O4S. The van der Waals surface area contributed by atoms with Gasteiger partial charge in [-0.1, -0.05) is 37.9 Å². The molecule has 1 atom stereocenters. The van der Waals surface area contributed by atoms with Crippen molar-refractivity contribution in [3.63, 3.8) is 0 Å². The molecule has 174 valence electrons. The zero-order valence-corrected chi connectivity index (χ0v) is 21.6. The number of rotatable bonds is 8. The minimum atomic E-state index is -4.28. The smallest absolute Gasteiger partial charge is 0.264 e. The molecule has 0 radical (unpaired) electrons. The number of ether oxygens (including phenoxy) is 1. The molecule has 4 rings (SSSR count). The summed E-state index contributed by atoms with van der Waals surface area (Å²) in [6.07, 6.45) is -1.11. The lowest BCUT2D eigenvalue weighted by atomic mass is 10.2. The van der Waals surface area contributed by atoms with Gasteiger partial charge in [0.2, 0.25) is 6.01 Å². The Bertz CT molecular complexity index is 1370. The lowest BCUT2D eigenvalue weighted by Crippen LogP contribution is -2.39. The number of sulfonamides is 1. The quantitative estimate of drug-likeness (QED) is 0.292. The van der Waals surface area contributed by atoms with Gasteiger partial charge >= 0.3 is 0 Å². The average Bonchev–Trinajstić information content (AvgIpc) is 3.09. The highest BCUT2D eigenvalue weighted by molar-refractivity contribution is 9.10. The Morgan fingerprint density at radius 1 is 1.03 bits per heavy atom. The van der Waals surface area contributed by atoms with Gasteiger partial charge in [0.05, 0.1) is 32.0 Å². The summed E-state index contributed by atoms with van der Waals surface area (Å²) in [5.41, 5.74) is 2.01. The molecule has 0 aliphatic rings. The van der Waals surface area contributed by atoms with E-state index in [4.69, 9.17) is 4.74 Å². The van der Waals surface area contributed by atoms with Gasteiger partial charge in [-0.05, 0) is 48.5 Å². The van der Waals surface area contributed by atoms with Crippen molar-refractivity contribution in [2.24, 2.45) is 0 Å². The molecule has 0 amide bonds. The molecular weight excluding hydrogens is 579 g/mol. The Morgan fingerprint density at radius 3 is 2.18 bits per heavy atom. The number of alkyl halides is 1. The van der Waals surface area contributed by atoms with E-state index in [0.717, 1.165) is 35.1 Å². The molecule has 0 saturated carbocycles. The van der Waals surface area contributed by atoms with Crippen molar-refractivity contribution in [2.75, 3.05) is 24.0 Å². The topological polar surface area (TPSA) is 71.8 Å². The van der Waals surface area contributed by atoms with E-state index in [9.17, 15) is 17.9 Å². The molecule has 0 bridgehead atoms. The number of halogens is 3. The summed E-state index contributed by atoms with van der Waals surface area (Å²) in [6.45, 7) is -0.195. The Labute approximate surface area is 207 Å². The molecule has 0 spiro atoms. The zero-order valence-electron chi connectivity index (χ0n) is 17.6. The predicted molar refractivity (Wildman–Crippen MR) is 136 cm³/mol. The Balaban J connectivity index is 1.72. The van der Waals surface area contributed by atoms with Crippen molar-refractivity contribution >= 4 is 69.4 Å². The number of methoxy groups -OCH3 is 1. The Kier molecular flexibility index (Phi) is 6.99. The third-order valence-electron chi connectivity index (χ3n) is 5.37. The molecule has 6 nitrogen and oxygen atoms in total. The Morgan fingerprint density at radius 2 is 1.64 bits per heavy atom. The molecule has 1 aromatic heterocycles. The standard InChI is InChI=1S/C23H21Br2FN2O4S/c1-32-19-4-2-3-17(11-19)28(33(30,31)14-26)13-18(29)12-27-22-7-5-15(24)9-20(22)21-10-16(25)6-8-23(21)27/h2-11,18,29H,12-14H2,1H3. The second-order valence-corrected chi connectivity index (χ2v) is 11.2. The van der Waals surface area contributed by atoms with Crippen molar-refractivity contribution in [3.05, 3.63) is 69.6 Å². The lowest BCUT2D eigenvalue weighted by Gasteiger charge is -2.26. The molecule has 1 unspecified atom stereocenters. The van der Waals surface area contributed by atoms with E-state index in [1.807, 2.05) is 41.0 Å². The van der Waals surface area contributed by atoms with E-state index in [-0.39, 0.29) is 18.8 Å². The summed E-state index contributed by atoms with van der Waals surface area (Å²) in [4.78, 5) is 0. The van der Waals surface area contributed by atoms with E-state index >= 15 is 0 Å². The molecule has 0 aliphatic carbocycles. The summed E-state index contributed by atoms with van der Waals surface area (Å²) in [6, 6.07) is 16.5. The minimum Gasteiger partial charge on any atom is -0.497 e. The first-order valence-electron chi connectivity index (χ1n) is 9.99. The summed E-state index contributed by atoms with van der Waals surface area (Å²) in [5.74, 6) is 0.430. The molecule has 1 N–H and O–H groups in total. The van der Waals surface area contributed by atoms with Gasteiger partial charge in [-0.25, -0.2) is 12.8 Å². The van der Waals surface area contributed by atoms with Gasteiger partial charge in [0.1, 0.15) is 5.75 Å². The molecule has 0 saturated heterocycles. The minimum absolute atomic E-state index is 0.117. The van der Waals surface area contributed by atoms with Crippen LogP contribution in [0.2, 0.25) is 0 Å². The number of benzene rings is 3. The highest BCUT2D eigenvalue weighted by Gasteiger charge is 2.26. The maximum atomic E-state index is 13.5. The zero-order chi connectivity index (χ0) is 23.8. The third-order valence-corrected chi connectivity index (χ3v) is 7.67. The van der Waals surface area contributed by atoms with Crippen molar-refractivity contribution in [2.45, 2.75) is 12.6 Å². The molecule has 10 heteroatoms. The molecule has 33 heavy (non-hydrogen) atoms. The fourth-order valence-corrected chi connectivity index (χ4v) is 5.58. The van der Waals surface area contributed by atoms with Crippen molar-refractivity contribution < 1.29 is 22.7 Å². The van der Waals surface area contributed by atoms with Crippen molar-refractivity contribution in [1.82, 2.24) is 4.57 Å². The first-order valence-corrected chi connectivity index (χ1v) is 13.2. The van der Waals surface area contributed by atoms with Crippen LogP contribution in [0.25, 0.3) is 21.8 Å². The number of aromatic nitrogens is 1. The van der Waals surface area contributed by atoms with Crippen LogP contribution >= 0.6 is 31.9 Å². The number of aliphatic hydroxyl groups excluding tert-OH is 1. The van der Waals surface area contributed by atoms with E-state index in [1.54, 1.807) is 12.1 Å². The van der Waals surface area contributed by atoms with Crippen LogP contribution in [0.1, 0.15) is 0 Å². The highest BCUT2D eigenvalue weighted by Crippen LogP contribution is 2.33. The summed E-state index contributed by atoms with van der Waals surface area (Å²) < 4.78 is 48.3. The second-order valence-electron chi connectivity index (χ2n) is 7.54. The third kappa shape index (κ3) is 4.89. The monoisotopic (exact) mass is 598 g/mol. The van der Waals surface area contributed by atoms with Crippen LogP contribution in [0.15, 0.2) is 69.6 Å².